The van der Waals surface area contributed by atoms with Crippen molar-refractivity contribution in [3.05, 3.63) is 36.5 Å². The molecule has 0 aromatic carbocycles. The molecular formula is C20H34O3. The van der Waals surface area contributed by atoms with Gasteiger partial charge < -0.3 is 10.2 Å². The van der Waals surface area contributed by atoms with Crippen LogP contribution in [0.5, 0.6) is 0 Å². The molecular weight excluding hydrogens is 288 g/mol. The molecule has 0 rings (SSSR count). The van der Waals surface area contributed by atoms with Crippen molar-refractivity contribution in [1.82, 2.24) is 0 Å². The molecule has 132 valence electrons. The molecule has 0 heterocycles. The predicted molar refractivity (Wildman–Crippen MR) is 97.5 cm³/mol. The zero-order valence-corrected chi connectivity index (χ0v) is 14.6. The second-order valence-corrected chi connectivity index (χ2v) is 6.01. The third-order valence-electron chi connectivity index (χ3n) is 3.76. The van der Waals surface area contributed by atoms with Crippen LogP contribution in [0.1, 0.15) is 77.6 Å². The molecule has 3 heteroatoms. The molecule has 0 aliphatic carbocycles. The zero-order chi connectivity index (χ0) is 17.2. The highest BCUT2D eigenvalue weighted by molar-refractivity contribution is 5.80. The van der Waals surface area contributed by atoms with E-state index in [1.165, 1.54) is 31.8 Å². The van der Waals surface area contributed by atoms with Crippen molar-refractivity contribution >= 4 is 5.97 Å². The standard InChI is InChI=1S/C20H34O3/c1-2-3-4-10-13-16-19(21)17-14-11-8-6-5-7-9-12-15-18-20(22)23/h5,7,9,12,15,18-19,21H,2-4,6,8,10-11,13-14,16-17H2,1H3,(H,22,23). The number of unbranched alkanes of at least 4 members (excludes halogenated alkanes) is 7. The Bertz CT molecular complexity index is 356. The van der Waals surface area contributed by atoms with E-state index < -0.39 is 5.97 Å². The largest absolute Gasteiger partial charge is 0.478 e. The van der Waals surface area contributed by atoms with Gasteiger partial charge in [0, 0.05) is 6.08 Å². The second kappa shape index (κ2) is 17.0. The lowest BCUT2D eigenvalue weighted by molar-refractivity contribution is -0.131. The number of aliphatic hydroxyl groups excluding tert-OH is 1. The molecule has 3 nitrogen and oxygen atoms in total. The summed E-state index contributed by atoms with van der Waals surface area (Å²) in [4.78, 5) is 10.2. The van der Waals surface area contributed by atoms with E-state index in [0.29, 0.717) is 0 Å². The zero-order valence-electron chi connectivity index (χ0n) is 14.6. The van der Waals surface area contributed by atoms with Crippen molar-refractivity contribution in [1.29, 1.82) is 0 Å². The number of aliphatic carboxylic acids is 1. The number of carbonyl (C=O) groups is 1. The van der Waals surface area contributed by atoms with Crippen molar-refractivity contribution in [3.63, 3.8) is 0 Å². The Kier molecular flexibility index (Phi) is 16.0. The number of allylic oxidation sites excluding steroid dienone is 5. The Morgan fingerprint density at radius 2 is 1.48 bits per heavy atom. The van der Waals surface area contributed by atoms with E-state index in [9.17, 15) is 9.90 Å². The first kappa shape index (κ1) is 21.6. The molecule has 0 amide bonds. The van der Waals surface area contributed by atoms with Crippen LogP contribution in [0.3, 0.4) is 0 Å². The van der Waals surface area contributed by atoms with E-state index in [2.05, 4.69) is 13.0 Å². The van der Waals surface area contributed by atoms with Crippen LogP contribution < -0.4 is 0 Å². The van der Waals surface area contributed by atoms with Crippen LogP contribution in [-0.4, -0.2) is 22.3 Å². The number of aliphatic hydroxyl groups is 1. The number of carboxylic acids is 1. The van der Waals surface area contributed by atoms with Gasteiger partial charge in [0.05, 0.1) is 6.10 Å². The van der Waals surface area contributed by atoms with Gasteiger partial charge in [-0.15, -0.1) is 0 Å². The Morgan fingerprint density at radius 1 is 0.870 bits per heavy atom. The minimum absolute atomic E-state index is 0.115. The first-order valence-electron chi connectivity index (χ1n) is 9.07. The second-order valence-electron chi connectivity index (χ2n) is 6.01. The maximum Gasteiger partial charge on any atom is 0.328 e. The lowest BCUT2D eigenvalue weighted by Gasteiger charge is -2.09. The molecule has 0 aliphatic heterocycles. The van der Waals surface area contributed by atoms with Crippen molar-refractivity contribution in [2.24, 2.45) is 0 Å². The summed E-state index contributed by atoms with van der Waals surface area (Å²) in [6, 6.07) is 0. The average molecular weight is 322 g/mol. The van der Waals surface area contributed by atoms with Crippen molar-refractivity contribution in [2.45, 2.75) is 83.7 Å². The van der Waals surface area contributed by atoms with E-state index in [0.717, 1.165) is 51.0 Å². The highest BCUT2D eigenvalue weighted by Crippen LogP contribution is 2.12. The summed E-state index contributed by atoms with van der Waals surface area (Å²) in [5.41, 5.74) is 0. The van der Waals surface area contributed by atoms with Gasteiger partial charge in [0.15, 0.2) is 0 Å². The Morgan fingerprint density at radius 3 is 2.13 bits per heavy atom. The van der Waals surface area contributed by atoms with E-state index in [1.54, 1.807) is 6.08 Å². The van der Waals surface area contributed by atoms with Crippen LogP contribution in [0.4, 0.5) is 0 Å². The van der Waals surface area contributed by atoms with Gasteiger partial charge >= 0.3 is 5.97 Å². The van der Waals surface area contributed by atoms with Crippen LogP contribution in [0.2, 0.25) is 0 Å². The number of carboxylic acid groups (broad SMARTS) is 1. The summed E-state index contributed by atoms with van der Waals surface area (Å²) in [6.07, 6.45) is 22.7. The maximum absolute atomic E-state index is 10.2. The van der Waals surface area contributed by atoms with Crippen LogP contribution >= 0.6 is 0 Å². The molecule has 1 unspecified atom stereocenters. The highest BCUT2D eigenvalue weighted by Gasteiger charge is 2.03. The normalized spacial score (nSPS) is 13.5. The summed E-state index contributed by atoms with van der Waals surface area (Å²) in [6.45, 7) is 2.22. The number of rotatable bonds is 15. The molecule has 23 heavy (non-hydrogen) atoms. The van der Waals surface area contributed by atoms with Gasteiger partial charge in [-0.05, 0) is 25.7 Å². The van der Waals surface area contributed by atoms with Gasteiger partial charge in [-0.25, -0.2) is 4.79 Å². The minimum Gasteiger partial charge on any atom is -0.478 e. The van der Waals surface area contributed by atoms with Crippen molar-refractivity contribution in [2.75, 3.05) is 0 Å². The predicted octanol–water partition coefficient (Wildman–Crippen LogP) is 5.41. The fourth-order valence-corrected chi connectivity index (χ4v) is 2.39. The summed E-state index contributed by atoms with van der Waals surface area (Å²) in [7, 11) is 0. The van der Waals surface area contributed by atoms with E-state index in [1.807, 2.05) is 12.2 Å². The quantitative estimate of drug-likeness (QED) is 0.241. The molecule has 0 spiro atoms. The fraction of sp³-hybridized carbons (Fsp3) is 0.650. The lowest BCUT2D eigenvalue weighted by Crippen LogP contribution is -2.05. The third-order valence-corrected chi connectivity index (χ3v) is 3.76. The molecule has 1 atom stereocenters. The highest BCUT2D eigenvalue weighted by atomic mass is 16.4. The summed E-state index contributed by atoms with van der Waals surface area (Å²) < 4.78 is 0. The smallest absolute Gasteiger partial charge is 0.328 e. The molecule has 2 N–H and O–H groups in total. The van der Waals surface area contributed by atoms with Crippen LogP contribution in [0.25, 0.3) is 0 Å². The summed E-state index contributed by atoms with van der Waals surface area (Å²) >= 11 is 0. The van der Waals surface area contributed by atoms with Gasteiger partial charge in [0.2, 0.25) is 0 Å². The Hall–Kier alpha value is -1.35. The summed E-state index contributed by atoms with van der Waals surface area (Å²) in [5, 5.41) is 18.3. The fourth-order valence-electron chi connectivity index (χ4n) is 2.39. The number of hydrogen-bond donors (Lipinski definition) is 2. The molecule has 0 fully saturated rings. The molecule has 0 radical (unpaired) electrons. The van der Waals surface area contributed by atoms with Gasteiger partial charge in [0.25, 0.3) is 0 Å². The van der Waals surface area contributed by atoms with Gasteiger partial charge in [-0.2, -0.15) is 0 Å². The summed E-state index contributed by atoms with van der Waals surface area (Å²) in [5.74, 6) is -0.929. The number of hydrogen-bond acceptors (Lipinski definition) is 2. The van der Waals surface area contributed by atoms with E-state index in [4.69, 9.17) is 5.11 Å². The van der Waals surface area contributed by atoms with Crippen LogP contribution in [0.15, 0.2) is 36.5 Å². The van der Waals surface area contributed by atoms with Gasteiger partial charge in [-0.1, -0.05) is 82.2 Å². The monoisotopic (exact) mass is 322 g/mol. The topological polar surface area (TPSA) is 57.5 Å². The Labute approximate surface area is 141 Å². The molecule has 0 aromatic heterocycles. The maximum atomic E-state index is 10.2. The first-order valence-corrected chi connectivity index (χ1v) is 9.07. The van der Waals surface area contributed by atoms with E-state index in [-0.39, 0.29) is 6.10 Å². The SMILES string of the molecule is CCCCCCCC(O)CCCCCC=CC=CC=CC(=O)O. The van der Waals surface area contributed by atoms with Crippen LogP contribution in [-0.2, 0) is 4.79 Å². The van der Waals surface area contributed by atoms with Crippen molar-refractivity contribution in [3.8, 4) is 0 Å². The molecule has 0 saturated carbocycles. The molecule has 0 aliphatic rings. The molecule has 0 saturated heterocycles. The van der Waals surface area contributed by atoms with Gasteiger partial charge in [0.1, 0.15) is 0 Å². The molecule has 0 bridgehead atoms. The van der Waals surface area contributed by atoms with E-state index >= 15 is 0 Å². The average Bonchev–Trinajstić information content (AvgIpc) is 2.52. The minimum atomic E-state index is -0.929. The first-order chi connectivity index (χ1) is 11.2. The Balaban J connectivity index is 3.39. The molecule has 0 aromatic rings. The third kappa shape index (κ3) is 18.6. The lowest BCUT2D eigenvalue weighted by atomic mass is 10.0. The van der Waals surface area contributed by atoms with Gasteiger partial charge in [-0.3, -0.25) is 0 Å². The van der Waals surface area contributed by atoms with Crippen LogP contribution in [0, 0.1) is 0 Å². The van der Waals surface area contributed by atoms with Crippen molar-refractivity contribution < 1.29 is 15.0 Å².